The molecule has 4 N–H and O–H groups in total. The molecule has 1 amide bonds. The summed E-state index contributed by atoms with van der Waals surface area (Å²) in [4.78, 5) is 23.7. The fourth-order valence-electron chi connectivity index (χ4n) is 4.15. The van der Waals surface area contributed by atoms with Crippen molar-refractivity contribution in [3.05, 3.63) is 66.5 Å². The molecule has 1 saturated heterocycles. The van der Waals surface area contributed by atoms with Crippen LogP contribution in [0.1, 0.15) is 18.4 Å². The highest BCUT2D eigenvalue weighted by atomic mass is 32.1. The zero-order chi connectivity index (χ0) is 22.1. The molecule has 0 radical (unpaired) electrons. The van der Waals surface area contributed by atoms with Crippen LogP contribution in [0.15, 0.2) is 60.9 Å². The van der Waals surface area contributed by atoms with Gasteiger partial charge in [-0.25, -0.2) is 9.97 Å². The zero-order valence-electron chi connectivity index (χ0n) is 17.4. The lowest BCUT2D eigenvalue weighted by molar-refractivity contribution is -0.122. The molecule has 1 aliphatic rings. The number of aromatic nitrogens is 2. The van der Waals surface area contributed by atoms with Crippen molar-refractivity contribution >= 4 is 39.0 Å². The van der Waals surface area contributed by atoms with Crippen molar-refractivity contribution in [2.45, 2.75) is 25.4 Å². The minimum Gasteiger partial charge on any atom is -0.508 e. The van der Waals surface area contributed by atoms with Gasteiger partial charge in [0.05, 0.1) is 16.3 Å². The quantitative estimate of drug-likeness (QED) is 0.410. The number of thiophene rings is 1. The molecule has 0 bridgehead atoms. The van der Waals surface area contributed by atoms with Gasteiger partial charge in [-0.3, -0.25) is 9.69 Å². The van der Waals surface area contributed by atoms with Gasteiger partial charge in [0.25, 0.3) is 0 Å². The standard InChI is InChI=1S/C24H23N5O2S/c25-23(31)20-5-2-10-29(20)13-15-6-8-16(9-7-15)21-12-19-22(32-21)24(27-14-26-19)28-17-3-1-4-18(30)11-17/h1,3-4,6-9,11-12,14,20,30H,2,5,10,13H2,(H2,25,31)(H,26,27,28). The molecule has 0 aliphatic carbocycles. The maximum Gasteiger partial charge on any atom is 0.234 e. The number of phenols is 1. The van der Waals surface area contributed by atoms with E-state index in [4.69, 9.17) is 5.73 Å². The number of nitrogens with zero attached hydrogens (tertiary/aromatic N) is 3. The number of primary amides is 1. The zero-order valence-corrected chi connectivity index (χ0v) is 18.2. The molecule has 1 unspecified atom stereocenters. The average molecular weight is 446 g/mol. The fourth-order valence-corrected chi connectivity index (χ4v) is 5.21. The molecule has 0 saturated carbocycles. The van der Waals surface area contributed by atoms with Crippen LogP contribution in [0.5, 0.6) is 5.75 Å². The number of rotatable bonds is 6. The number of phenolic OH excluding ortho intramolecular Hbond substituents is 1. The lowest BCUT2D eigenvalue weighted by atomic mass is 10.1. The second-order valence-electron chi connectivity index (χ2n) is 7.95. The van der Waals surface area contributed by atoms with Gasteiger partial charge in [-0.2, -0.15) is 0 Å². The van der Waals surface area contributed by atoms with Crippen molar-refractivity contribution < 1.29 is 9.90 Å². The molecule has 2 aromatic heterocycles. The van der Waals surface area contributed by atoms with Crippen molar-refractivity contribution in [1.82, 2.24) is 14.9 Å². The summed E-state index contributed by atoms with van der Waals surface area (Å²) in [6.45, 7) is 1.63. The Morgan fingerprint density at radius 2 is 2.03 bits per heavy atom. The van der Waals surface area contributed by atoms with Gasteiger partial charge in [0, 0.05) is 23.2 Å². The van der Waals surface area contributed by atoms with E-state index in [1.165, 1.54) is 6.33 Å². The SMILES string of the molecule is NC(=O)C1CCCN1Cc1ccc(-c2cc3ncnc(Nc4cccc(O)c4)c3s2)cc1. The number of aromatic hydroxyl groups is 1. The maximum absolute atomic E-state index is 11.6. The van der Waals surface area contributed by atoms with Gasteiger partial charge >= 0.3 is 0 Å². The summed E-state index contributed by atoms with van der Waals surface area (Å²) in [6.07, 6.45) is 3.39. The maximum atomic E-state index is 11.6. The molecule has 7 nitrogen and oxygen atoms in total. The van der Waals surface area contributed by atoms with Crippen molar-refractivity contribution in [1.29, 1.82) is 0 Å². The Kier molecular flexibility index (Phi) is 5.46. The summed E-state index contributed by atoms with van der Waals surface area (Å²) in [6, 6.07) is 17.3. The topological polar surface area (TPSA) is 104 Å². The number of benzene rings is 2. The van der Waals surface area contributed by atoms with Crippen LogP contribution >= 0.6 is 11.3 Å². The first kappa shape index (κ1) is 20.4. The number of anilines is 2. The van der Waals surface area contributed by atoms with Gasteiger partial charge < -0.3 is 16.2 Å². The van der Waals surface area contributed by atoms with E-state index in [-0.39, 0.29) is 17.7 Å². The number of nitrogens with two attached hydrogens (primary N) is 1. The van der Waals surface area contributed by atoms with Gasteiger partial charge in [-0.1, -0.05) is 30.3 Å². The van der Waals surface area contributed by atoms with E-state index >= 15 is 0 Å². The molecule has 162 valence electrons. The first-order chi connectivity index (χ1) is 15.6. The monoisotopic (exact) mass is 445 g/mol. The molecule has 4 aromatic rings. The first-order valence-corrected chi connectivity index (χ1v) is 11.3. The summed E-state index contributed by atoms with van der Waals surface area (Å²) >= 11 is 1.62. The molecule has 1 fully saturated rings. The molecule has 8 heteroatoms. The normalized spacial score (nSPS) is 16.4. The second-order valence-corrected chi connectivity index (χ2v) is 9.00. The summed E-state index contributed by atoms with van der Waals surface area (Å²) in [5.41, 5.74) is 9.44. The van der Waals surface area contributed by atoms with E-state index < -0.39 is 0 Å². The van der Waals surface area contributed by atoms with Gasteiger partial charge in [0.1, 0.15) is 12.1 Å². The van der Waals surface area contributed by atoms with Crippen LogP contribution in [0.3, 0.4) is 0 Å². The number of fused-ring (bicyclic) bond motifs is 1. The third-order valence-electron chi connectivity index (χ3n) is 5.74. The highest BCUT2D eigenvalue weighted by Crippen LogP contribution is 2.37. The molecule has 3 heterocycles. The Hall–Kier alpha value is -3.49. The summed E-state index contributed by atoms with van der Waals surface area (Å²) in [7, 11) is 0. The van der Waals surface area contributed by atoms with E-state index in [0.29, 0.717) is 5.82 Å². The van der Waals surface area contributed by atoms with E-state index in [2.05, 4.69) is 50.5 Å². The number of carbonyl (C=O) groups is 1. The van der Waals surface area contributed by atoms with Gasteiger partial charge in [-0.05, 0) is 48.7 Å². The van der Waals surface area contributed by atoms with Crippen LogP contribution in [0.25, 0.3) is 20.7 Å². The number of likely N-dealkylation sites (tertiary alicyclic amines) is 1. The summed E-state index contributed by atoms with van der Waals surface area (Å²) < 4.78 is 0.955. The highest BCUT2D eigenvalue weighted by Gasteiger charge is 2.28. The van der Waals surface area contributed by atoms with Crippen LogP contribution in [-0.4, -0.2) is 38.5 Å². The molecule has 1 atom stereocenters. The van der Waals surface area contributed by atoms with Crippen LogP contribution < -0.4 is 11.1 Å². The van der Waals surface area contributed by atoms with Crippen LogP contribution in [0.2, 0.25) is 0 Å². The van der Waals surface area contributed by atoms with Crippen LogP contribution in [0, 0.1) is 0 Å². The Labute approximate surface area is 189 Å². The lowest BCUT2D eigenvalue weighted by Gasteiger charge is -2.21. The van der Waals surface area contributed by atoms with Crippen molar-refractivity contribution in [3.63, 3.8) is 0 Å². The fraction of sp³-hybridized carbons (Fsp3) is 0.208. The third kappa shape index (κ3) is 4.15. The van der Waals surface area contributed by atoms with Crippen molar-refractivity contribution in [2.75, 3.05) is 11.9 Å². The predicted molar refractivity (Wildman–Crippen MR) is 127 cm³/mol. The number of amides is 1. The Balaban J connectivity index is 1.37. The highest BCUT2D eigenvalue weighted by molar-refractivity contribution is 7.22. The molecule has 0 spiro atoms. The largest absolute Gasteiger partial charge is 0.508 e. The average Bonchev–Trinajstić information content (AvgIpc) is 3.42. The molecular weight excluding hydrogens is 422 g/mol. The Morgan fingerprint density at radius 3 is 2.81 bits per heavy atom. The van der Waals surface area contributed by atoms with Crippen LogP contribution in [-0.2, 0) is 11.3 Å². The first-order valence-electron chi connectivity index (χ1n) is 10.5. The molecule has 2 aromatic carbocycles. The third-order valence-corrected chi connectivity index (χ3v) is 6.92. The number of nitrogens with one attached hydrogen (secondary N) is 1. The summed E-state index contributed by atoms with van der Waals surface area (Å²) in [5, 5.41) is 13.0. The van der Waals surface area contributed by atoms with Gasteiger partial charge in [0.15, 0.2) is 5.82 Å². The Bertz CT molecular complexity index is 1270. The number of hydrogen-bond donors (Lipinski definition) is 3. The van der Waals surface area contributed by atoms with Crippen molar-refractivity contribution in [3.8, 4) is 16.2 Å². The molecule has 5 rings (SSSR count). The molecule has 1 aliphatic heterocycles. The Morgan fingerprint density at radius 1 is 1.19 bits per heavy atom. The number of carbonyl (C=O) groups excluding carboxylic acids is 1. The van der Waals surface area contributed by atoms with E-state index in [9.17, 15) is 9.90 Å². The minimum atomic E-state index is -0.236. The van der Waals surface area contributed by atoms with E-state index in [1.807, 2.05) is 6.07 Å². The van der Waals surface area contributed by atoms with Gasteiger partial charge in [-0.15, -0.1) is 11.3 Å². The van der Waals surface area contributed by atoms with E-state index in [1.54, 1.807) is 29.5 Å². The lowest BCUT2D eigenvalue weighted by Crippen LogP contribution is -2.39. The van der Waals surface area contributed by atoms with Gasteiger partial charge in [0.2, 0.25) is 5.91 Å². The van der Waals surface area contributed by atoms with Crippen molar-refractivity contribution in [2.24, 2.45) is 5.73 Å². The predicted octanol–water partition coefficient (Wildman–Crippen LogP) is 4.26. The van der Waals surface area contributed by atoms with Crippen LogP contribution in [0.4, 0.5) is 11.5 Å². The van der Waals surface area contributed by atoms with E-state index in [0.717, 1.165) is 57.8 Å². The summed E-state index contributed by atoms with van der Waals surface area (Å²) in [5.74, 6) is 0.670. The smallest absolute Gasteiger partial charge is 0.234 e. The molecular formula is C24H23N5O2S. The minimum absolute atomic E-state index is 0.159. The molecule has 32 heavy (non-hydrogen) atoms. The second kappa shape index (κ2) is 8.57. The number of hydrogen-bond acceptors (Lipinski definition) is 7.